The van der Waals surface area contributed by atoms with Crippen molar-refractivity contribution in [3.63, 3.8) is 0 Å². The third kappa shape index (κ3) is 2.37. The molecule has 0 radical (unpaired) electrons. The molecule has 1 aliphatic heterocycles. The molecule has 1 aromatic carbocycles. The molecule has 0 spiro atoms. The summed E-state index contributed by atoms with van der Waals surface area (Å²) in [6.07, 6.45) is 3.69. The van der Waals surface area contributed by atoms with Gasteiger partial charge < -0.3 is 14.8 Å². The Balaban J connectivity index is 1.71. The summed E-state index contributed by atoms with van der Waals surface area (Å²) >= 11 is 0. The van der Waals surface area contributed by atoms with Crippen LogP contribution in [0, 0.1) is 0 Å². The second-order valence-corrected chi connectivity index (χ2v) is 4.87. The average molecular weight is 273 g/mol. The molecule has 2 aromatic rings. The van der Waals surface area contributed by atoms with Gasteiger partial charge in [0.05, 0.1) is 18.7 Å². The molecule has 20 heavy (non-hydrogen) atoms. The maximum Gasteiger partial charge on any atom is 0.180 e. The molecule has 0 amide bonds. The highest BCUT2D eigenvalue weighted by atomic mass is 16.3. The molecule has 0 unspecified atom stereocenters. The summed E-state index contributed by atoms with van der Waals surface area (Å²) in [4.78, 5) is 18.4. The van der Waals surface area contributed by atoms with E-state index in [4.69, 9.17) is 0 Å². The Morgan fingerprint density at radius 2 is 2.15 bits per heavy atom. The topological polar surface area (TPSA) is 78.6 Å². The first-order chi connectivity index (χ1) is 9.63. The van der Waals surface area contributed by atoms with Gasteiger partial charge in [-0.05, 0) is 12.1 Å². The Hall–Kier alpha value is -2.34. The maximum absolute atomic E-state index is 12.2. The fourth-order valence-corrected chi connectivity index (χ4v) is 2.40. The second kappa shape index (κ2) is 4.97. The van der Waals surface area contributed by atoms with Gasteiger partial charge in [0.1, 0.15) is 17.3 Å². The Kier molecular flexibility index (Phi) is 3.15. The number of carbonyl (C=O) groups excluding carboxylic acids is 1. The highest BCUT2D eigenvalue weighted by Gasteiger charge is 2.20. The second-order valence-electron chi connectivity index (χ2n) is 4.87. The van der Waals surface area contributed by atoms with Gasteiger partial charge in [-0.2, -0.15) is 0 Å². The molecule has 0 saturated heterocycles. The van der Waals surface area contributed by atoms with Crippen LogP contribution in [0.4, 0.5) is 0 Å². The van der Waals surface area contributed by atoms with E-state index < -0.39 is 0 Å². The number of nitrogens with zero attached hydrogens (tertiary/aromatic N) is 3. The lowest BCUT2D eigenvalue weighted by Gasteiger charge is -2.26. The number of hydrogen-bond acceptors (Lipinski definition) is 5. The first-order valence-corrected chi connectivity index (χ1v) is 6.41. The van der Waals surface area contributed by atoms with Crippen LogP contribution in [0.5, 0.6) is 11.5 Å². The molecule has 1 aliphatic rings. The summed E-state index contributed by atoms with van der Waals surface area (Å²) < 4.78 is 2.07. The summed E-state index contributed by atoms with van der Waals surface area (Å²) in [5.74, 6) is 0.536. The molecule has 104 valence electrons. The smallest absolute Gasteiger partial charge is 0.180 e. The predicted molar refractivity (Wildman–Crippen MR) is 71.6 cm³/mol. The number of ketones is 1. The number of phenolic OH excluding ortho intramolecular Hbond substituents is 2. The Labute approximate surface area is 115 Å². The van der Waals surface area contributed by atoms with Gasteiger partial charge in [-0.25, -0.2) is 4.98 Å². The molecule has 1 aromatic heterocycles. The monoisotopic (exact) mass is 273 g/mol. The van der Waals surface area contributed by atoms with E-state index in [2.05, 4.69) is 9.55 Å². The molecule has 0 saturated carbocycles. The van der Waals surface area contributed by atoms with Crippen LogP contribution in [-0.2, 0) is 13.1 Å². The molecular weight excluding hydrogens is 258 g/mol. The van der Waals surface area contributed by atoms with Crippen LogP contribution in [0.3, 0.4) is 0 Å². The van der Waals surface area contributed by atoms with Gasteiger partial charge in [-0.3, -0.25) is 9.69 Å². The number of aromatic nitrogens is 2. The summed E-state index contributed by atoms with van der Waals surface area (Å²) in [5, 5.41) is 18.9. The van der Waals surface area contributed by atoms with Gasteiger partial charge in [-0.15, -0.1) is 0 Å². The lowest BCUT2D eigenvalue weighted by Crippen LogP contribution is -2.37. The van der Waals surface area contributed by atoms with E-state index in [1.165, 1.54) is 18.2 Å². The van der Waals surface area contributed by atoms with Gasteiger partial charge in [0.2, 0.25) is 0 Å². The van der Waals surface area contributed by atoms with Crippen molar-refractivity contribution in [2.75, 3.05) is 13.1 Å². The lowest BCUT2D eigenvalue weighted by molar-refractivity contribution is 0.0905. The van der Waals surface area contributed by atoms with Crippen molar-refractivity contribution in [2.45, 2.75) is 13.1 Å². The molecule has 0 atom stereocenters. The summed E-state index contributed by atoms with van der Waals surface area (Å²) in [5.41, 5.74) is 0.233. The Morgan fingerprint density at radius 1 is 1.30 bits per heavy atom. The first-order valence-electron chi connectivity index (χ1n) is 6.41. The number of benzene rings is 1. The van der Waals surface area contributed by atoms with E-state index in [0.29, 0.717) is 6.54 Å². The summed E-state index contributed by atoms with van der Waals surface area (Å²) in [6, 6.07) is 4.02. The fraction of sp³-hybridized carbons (Fsp3) is 0.286. The van der Waals surface area contributed by atoms with Crippen molar-refractivity contribution >= 4 is 5.78 Å². The van der Waals surface area contributed by atoms with Crippen LogP contribution in [0.25, 0.3) is 0 Å². The molecule has 0 fully saturated rings. The highest BCUT2D eigenvalue weighted by Crippen LogP contribution is 2.23. The lowest BCUT2D eigenvalue weighted by atomic mass is 10.1. The van der Waals surface area contributed by atoms with Crippen molar-refractivity contribution in [3.05, 3.63) is 42.0 Å². The molecule has 0 aliphatic carbocycles. The number of fused-ring (bicyclic) bond motifs is 1. The van der Waals surface area contributed by atoms with Crippen LogP contribution < -0.4 is 0 Å². The molecule has 6 nitrogen and oxygen atoms in total. The third-order valence-corrected chi connectivity index (χ3v) is 3.47. The highest BCUT2D eigenvalue weighted by molar-refractivity contribution is 6.00. The molecule has 2 N–H and O–H groups in total. The molecule has 6 heteroatoms. The largest absolute Gasteiger partial charge is 0.508 e. The van der Waals surface area contributed by atoms with Crippen molar-refractivity contribution in [1.29, 1.82) is 0 Å². The zero-order valence-corrected chi connectivity index (χ0v) is 10.9. The van der Waals surface area contributed by atoms with Crippen LogP contribution in [0.15, 0.2) is 30.6 Å². The normalized spacial score (nSPS) is 15.0. The van der Waals surface area contributed by atoms with E-state index >= 15 is 0 Å². The van der Waals surface area contributed by atoms with Gasteiger partial charge in [0, 0.05) is 31.5 Å². The number of hydrogen-bond donors (Lipinski definition) is 2. The third-order valence-electron chi connectivity index (χ3n) is 3.47. The minimum Gasteiger partial charge on any atom is -0.508 e. The van der Waals surface area contributed by atoms with Crippen LogP contribution in [-0.4, -0.2) is 43.5 Å². The quantitative estimate of drug-likeness (QED) is 0.815. The summed E-state index contributed by atoms with van der Waals surface area (Å²) in [7, 11) is 0. The van der Waals surface area contributed by atoms with Gasteiger partial charge in [-0.1, -0.05) is 0 Å². The van der Waals surface area contributed by atoms with Crippen LogP contribution in [0.1, 0.15) is 16.2 Å². The van der Waals surface area contributed by atoms with Crippen molar-refractivity contribution in [2.24, 2.45) is 0 Å². The number of Topliss-reactive ketones (excluding diaryl/α,β-unsaturated/α-hetero) is 1. The predicted octanol–water partition coefficient (Wildman–Crippen LogP) is 0.993. The summed E-state index contributed by atoms with van der Waals surface area (Å²) in [6.45, 7) is 2.43. The molecule has 0 bridgehead atoms. The van der Waals surface area contributed by atoms with E-state index in [0.717, 1.165) is 18.9 Å². The molecule has 3 rings (SSSR count). The minimum atomic E-state index is -0.187. The van der Waals surface area contributed by atoms with Crippen molar-refractivity contribution < 1.29 is 15.0 Å². The fourth-order valence-electron chi connectivity index (χ4n) is 2.40. The number of aromatic hydroxyl groups is 2. The first kappa shape index (κ1) is 12.7. The van der Waals surface area contributed by atoms with Crippen LogP contribution >= 0.6 is 0 Å². The minimum absolute atomic E-state index is 0.0564. The molecule has 2 heterocycles. The standard InChI is InChI=1S/C14H15N3O3/c18-10-1-2-11(12(19)7-10)13(20)8-16-5-6-17-4-3-15-14(17)9-16/h1-4,7,18-19H,5-6,8-9H2. The Bertz CT molecular complexity index is 651. The number of phenols is 2. The van der Waals surface area contributed by atoms with E-state index in [-0.39, 0.29) is 29.4 Å². The zero-order chi connectivity index (χ0) is 14.1. The number of carbonyl (C=O) groups is 1. The average Bonchev–Trinajstić information content (AvgIpc) is 2.85. The van der Waals surface area contributed by atoms with Crippen molar-refractivity contribution in [3.8, 4) is 11.5 Å². The number of imidazole rings is 1. The van der Waals surface area contributed by atoms with Gasteiger partial charge >= 0.3 is 0 Å². The zero-order valence-electron chi connectivity index (χ0n) is 10.9. The van der Waals surface area contributed by atoms with Gasteiger partial charge in [0.15, 0.2) is 5.78 Å². The SMILES string of the molecule is O=C(CN1CCn2ccnc2C1)c1ccc(O)cc1O. The van der Waals surface area contributed by atoms with E-state index in [9.17, 15) is 15.0 Å². The van der Waals surface area contributed by atoms with E-state index in [1.54, 1.807) is 6.20 Å². The van der Waals surface area contributed by atoms with Gasteiger partial charge in [0.25, 0.3) is 0 Å². The molecular formula is C14H15N3O3. The van der Waals surface area contributed by atoms with Crippen molar-refractivity contribution in [1.82, 2.24) is 14.5 Å². The van der Waals surface area contributed by atoms with Crippen LogP contribution in [0.2, 0.25) is 0 Å². The maximum atomic E-state index is 12.2. The van der Waals surface area contributed by atoms with E-state index in [1.807, 2.05) is 11.1 Å². The Morgan fingerprint density at radius 3 is 2.95 bits per heavy atom. The number of rotatable bonds is 3.